The van der Waals surface area contributed by atoms with Crippen LogP contribution in [0, 0.1) is 0 Å². The van der Waals surface area contributed by atoms with Gasteiger partial charge in [0.1, 0.15) is 11.4 Å². The lowest BCUT2D eigenvalue weighted by atomic mass is 10.1. The molecule has 7 heteroatoms. The Hall–Kier alpha value is -2.80. The Kier molecular flexibility index (Phi) is 3.27. The highest BCUT2D eigenvalue weighted by Gasteiger charge is 2.16. The summed E-state index contributed by atoms with van der Waals surface area (Å²) in [6.07, 6.45) is 5.35. The average Bonchev–Trinajstić information content (AvgIpc) is 2.98. The van der Waals surface area contributed by atoms with Crippen molar-refractivity contribution in [1.29, 1.82) is 0 Å². The maximum Gasteiger partial charge on any atom is 0.240 e. The number of anilines is 1. The molecule has 6 nitrogen and oxygen atoms in total. The zero-order valence-electron chi connectivity index (χ0n) is 11.9. The number of rotatable bonds is 2. The van der Waals surface area contributed by atoms with E-state index in [1.54, 1.807) is 12.4 Å². The van der Waals surface area contributed by atoms with Crippen LogP contribution in [-0.2, 0) is 0 Å². The molecule has 112 valence electrons. The van der Waals surface area contributed by atoms with Gasteiger partial charge in [-0.15, -0.1) is 10.2 Å². The minimum absolute atomic E-state index is 0.136. The highest BCUT2D eigenvalue weighted by Crippen LogP contribution is 2.34. The van der Waals surface area contributed by atoms with Crippen LogP contribution in [0.5, 0.6) is 0 Å². The fourth-order valence-electron chi connectivity index (χ4n) is 2.51. The van der Waals surface area contributed by atoms with E-state index in [1.165, 1.54) is 0 Å². The van der Waals surface area contributed by atoms with Crippen molar-refractivity contribution in [2.45, 2.75) is 0 Å². The van der Waals surface area contributed by atoms with Crippen LogP contribution < -0.4 is 5.73 Å². The number of hydrogen-bond acceptors (Lipinski definition) is 5. The molecule has 0 amide bonds. The number of H-pyrrole nitrogens is 1. The van der Waals surface area contributed by atoms with Crippen LogP contribution in [0.2, 0.25) is 0 Å². The van der Waals surface area contributed by atoms with Gasteiger partial charge in [-0.25, -0.2) is 4.98 Å². The Labute approximate surface area is 139 Å². The second-order valence-corrected chi connectivity index (χ2v) is 5.92. The van der Waals surface area contributed by atoms with E-state index in [1.807, 2.05) is 36.5 Å². The summed E-state index contributed by atoms with van der Waals surface area (Å²) in [5, 5.41) is 9.16. The van der Waals surface area contributed by atoms with Crippen LogP contribution in [-0.4, -0.2) is 25.1 Å². The van der Waals surface area contributed by atoms with Crippen LogP contribution in [0.4, 0.5) is 5.95 Å². The number of fused-ring (bicyclic) bond motifs is 1. The van der Waals surface area contributed by atoms with Crippen molar-refractivity contribution in [1.82, 2.24) is 25.1 Å². The van der Waals surface area contributed by atoms with Gasteiger partial charge in [0.05, 0.1) is 0 Å². The molecule has 0 spiro atoms. The van der Waals surface area contributed by atoms with Crippen LogP contribution in [0.25, 0.3) is 33.4 Å². The number of nitrogens with zero attached hydrogens (tertiary/aromatic N) is 4. The number of nitrogens with two attached hydrogens (primary N) is 1. The molecule has 0 aliphatic heterocycles. The number of hydrogen-bond donors (Lipinski definition) is 2. The van der Waals surface area contributed by atoms with Crippen molar-refractivity contribution in [3.63, 3.8) is 0 Å². The molecule has 3 heterocycles. The summed E-state index contributed by atoms with van der Waals surface area (Å²) >= 11 is 3.50. The van der Waals surface area contributed by atoms with E-state index < -0.39 is 0 Å². The monoisotopic (exact) mass is 366 g/mol. The van der Waals surface area contributed by atoms with Gasteiger partial charge in [-0.05, 0) is 30.3 Å². The van der Waals surface area contributed by atoms with Gasteiger partial charge in [0.25, 0.3) is 0 Å². The van der Waals surface area contributed by atoms with E-state index >= 15 is 0 Å². The van der Waals surface area contributed by atoms with E-state index in [4.69, 9.17) is 5.73 Å². The summed E-state index contributed by atoms with van der Waals surface area (Å²) in [4.78, 5) is 11.8. The second-order valence-electron chi connectivity index (χ2n) is 5.00. The Morgan fingerprint density at radius 3 is 2.83 bits per heavy atom. The smallest absolute Gasteiger partial charge is 0.240 e. The van der Waals surface area contributed by atoms with E-state index in [9.17, 15) is 0 Å². The van der Waals surface area contributed by atoms with Gasteiger partial charge in [-0.3, -0.25) is 4.98 Å². The first-order valence-corrected chi connectivity index (χ1v) is 7.69. The van der Waals surface area contributed by atoms with E-state index in [0.717, 1.165) is 26.5 Å². The number of aromatic amines is 1. The topological polar surface area (TPSA) is 93.4 Å². The molecule has 0 saturated carbocycles. The third-order valence-electron chi connectivity index (χ3n) is 3.54. The van der Waals surface area contributed by atoms with Gasteiger partial charge < -0.3 is 10.7 Å². The first kappa shape index (κ1) is 13.8. The van der Waals surface area contributed by atoms with Gasteiger partial charge in [0.15, 0.2) is 0 Å². The molecule has 0 unspecified atom stereocenters. The number of benzene rings is 1. The minimum atomic E-state index is 0.136. The number of aromatic nitrogens is 5. The molecule has 0 atom stereocenters. The number of pyridine rings is 1. The quantitative estimate of drug-likeness (QED) is 0.566. The van der Waals surface area contributed by atoms with Crippen molar-refractivity contribution < 1.29 is 0 Å². The fourth-order valence-corrected chi connectivity index (χ4v) is 2.87. The molecule has 4 aromatic rings. The third kappa shape index (κ3) is 2.44. The highest BCUT2D eigenvalue weighted by molar-refractivity contribution is 9.10. The summed E-state index contributed by atoms with van der Waals surface area (Å²) in [6.45, 7) is 0. The number of nitrogens with one attached hydrogen (secondary N) is 1. The van der Waals surface area contributed by atoms with E-state index in [-0.39, 0.29) is 5.95 Å². The van der Waals surface area contributed by atoms with Gasteiger partial charge >= 0.3 is 0 Å². The summed E-state index contributed by atoms with van der Waals surface area (Å²) in [5.74, 6) is 0.136. The molecule has 0 bridgehead atoms. The Morgan fingerprint density at radius 1 is 1.09 bits per heavy atom. The second kappa shape index (κ2) is 5.44. The fraction of sp³-hybridized carbons (Fsp3) is 0. The molecule has 0 saturated heterocycles. The SMILES string of the molecule is Nc1nnc(-c2cccnc2)c(-c2c[nH]c3ccc(Br)cc23)n1. The zero-order valence-corrected chi connectivity index (χ0v) is 13.4. The van der Waals surface area contributed by atoms with Gasteiger partial charge in [0, 0.05) is 45.1 Å². The molecule has 23 heavy (non-hydrogen) atoms. The van der Waals surface area contributed by atoms with Crippen LogP contribution >= 0.6 is 15.9 Å². The van der Waals surface area contributed by atoms with Crippen molar-refractivity contribution in [2.75, 3.05) is 5.73 Å². The largest absolute Gasteiger partial charge is 0.366 e. The van der Waals surface area contributed by atoms with Gasteiger partial charge in [-0.2, -0.15) is 0 Å². The highest BCUT2D eigenvalue weighted by atomic mass is 79.9. The molecule has 0 aliphatic carbocycles. The molecule has 0 radical (unpaired) electrons. The summed E-state index contributed by atoms with van der Waals surface area (Å²) in [5.41, 5.74) is 9.86. The van der Waals surface area contributed by atoms with Crippen molar-refractivity contribution in [3.8, 4) is 22.5 Å². The molecule has 4 rings (SSSR count). The maximum atomic E-state index is 5.77. The van der Waals surface area contributed by atoms with Crippen molar-refractivity contribution in [2.24, 2.45) is 0 Å². The minimum Gasteiger partial charge on any atom is -0.366 e. The van der Waals surface area contributed by atoms with E-state index in [2.05, 4.69) is 41.1 Å². The first-order valence-electron chi connectivity index (χ1n) is 6.90. The van der Waals surface area contributed by atoms with Gasteiger partial charge in [-0.1, -0.05) is 15.9 Å². The average molecular weight is 367 g/mol. The molecule has 0 fully saturated rings. The standard InChI is InChI=1S/C16H11BrN6/c17-10-3-4-13-11(6-10)12(8-20-13)15-14(22-23-16(18)21-15)9-2-1-5-19-7-9/h1-8,20H,(H2,18,21,23). The Bertz CT molecular complexity index is 996. The molecule has 1 aromatic carbocycles. The molecule has 3 aromatic heterocycles. The van der Waals surface area contributed by atoms with Crippen molar-refractivity contribution >= 4 is 32.8 Å². The lowest BCUT2D eigenvalue weighted by Gasteiger charge is -2.07. The summed E-state index contributed by atoms with van der Waals surface area (Å²) in [6, 6.07) is 9.79. The van der Waals surface area contributed by atoms with Crippen LogP contribution in [0.15, 0.2) is 53.4 Å². The number of nitrogen functional groups attached to an aromatic ring is 1. The van der Waals surface area contributed by atoms with Gasteiger partial charge in [0.2, 0.25) is 5.95 Å². The predicted molar refractivity (Wildman–Crippen MR) is 92.5 cm³/mol. The lowest BCUT2D eigenvalue weighted by molar-refractivity contribution is 0.996. The summed E-state index contributed by atoms with van der Waals surface area (Å²) in [7, 11) is 0. The molecule has 0 aliphatic rings. The van der Waals surface area contributed by atoms with Crippen LogP contribution in [0.3, 0.4) is 0 Å². The maximum absolute atomic E-state index is 5.77. The Morgan fingerprint density at radius 2 is 2.00 bits per heavy atom. The molecule has 3 N–H and O–H groups in total. The zero-order chi connectivity index (χ0) is 15.8. The molecular formula is C16H11BrN6. The van der Waals surface area contributed by atoms with Crippen LogP contribution in [0.1, 0.15) is 0 Å². The molecular weight excluding hydrogens is 356 g/mol. The Balaban J connectivity index is 2.01. The normalized spacial score (nSPS) is 11.0. The van der Waals surface area contributed by atoms with Crippen molar-refractivity contribution in [3.05, 3.63) is 53.4 Å². The predicted octanol–water partition coefficient (Wildman–Crippen LogP) is 3.43. The number of halogens is 1. The first-order chi connectivity index (χ1) is 11.2. The lowest BCUT2D eigenvalue weighted by Crippen LogP contribution is -2.02. The third-order valence-corrected chi connectivity index (χ3v) is 4.03. The summed E-state index contributed by atoms with van der Waals surface area (Å²) < 4.78 is 0.990. The van der Waals surface area contributed by atoms with E-state index in [0.29, 0.717) is 11.4 Å².